The summed E-state index contributed by atoms with van der Waals surface area (Å²) in [4.78, 5) is 28.4. The predicted octanol–water partition coefficient (Wildman–Crippen LogP) is 5.22. The number of halogens is 2. The maximum absolute atomic E-state index is 15.2. The molecule has 1 fully saturated rings. The molecule has 3 heterocycles. The van der Waals surface area contributed by atoms with E-state index in [2.05, 4.69) is 27.2 Å². The van der Waals surface area contributed by atoms with Crippen molar-refractivity contribution in [3.63, 3.8) is 0 Å². The van der Waals surface area contributed by atoms with Gasteiger partial charge in [0.25, 0.3) is 11.9 Å². The number of nitrogens with one attached hydrogen (secondary N) is 1. The van der Waals surface area contributed by atoms with Crippen LogP contribution in [-0.4, -0.2) is 44.9 Å². The number of carbonyl (C=O) groups is 1. The number of hydrogen-bond donors (Lipinski definition) is 1. The van der Waals surface area contributed by atoms with Gasteiger partial charge in [-0.2, -0.15) is 4.98 Å². The average molecular weight is 478 g/mol. The zero-order chi connectivity index (χ0) is 24.5. The maximum Gasteiger partial charge on any atom is 0.295 e. The summed E-state index contributed by atoms with van der Waals surface area (Å²) in [6.07, 6.45) is 4.89. The van der Waals surface area contributed by atoms with Crippen LogP contribution in [0.3, 0.4) is 0 Å². The summed E-state index contributed by atoms with van der Waals surface area (Å²) < 4.78 is 34.3. The Balaban J connectivity index is 1.45. The number of carbonyl (C=O) groups excluding carboxylic acids is 1. The number of oxazole rings is 1. The molecule has 5 rings (SSSR count). The molecule has 1 N–H and O–H groups in total. The molecular formula is C26H25F2N5O2. The third-order valence-corrected chi connectivity index (χ3v) is 6.56. The smallest absolute Gasteiger partial charge is 0.295 e. The first-order valence-corrected chi connectivity index (χ1v) is 11.6. The van der Waals surface area contributed by atoms with Crippen LogP contribution in [0, 0.1) is 24.5 Å². The van der Waals surface area contributed by atoms with Gasteiger partial charge in [0.2, 0.25) is 0 Å². The van der Waals surface area contributed by atoms with Crippen molar-refractivity contribution in [1.29, 1.82) is 0 Å². The SMILES string of the molecule is Cc1ccc(F)c(C(=O)N2CCCC(C)C2CNc2nc3ccc(F)cc3o2)c1-c1ncccn1. The number of benzene rings is 2. The number of nitrogens with zero attached hydrogens (tertiary/aromatic N) is 4. The summed E-state index contributed by atoms with van der Waals surface area (Å²) >= 11 is 0. The largest absolute Gasteiger partial charge is 0.423 e. The van der Waals surface area contributed by atoms with E-state index in [0.29, 0.717) is 35.6 Å². The zero-order valence-corrected chi connectivity index (χ0v) is 19.5. The minimum atomic E-state index is -0.603. The van der Waals surface area contributed by atoms with Crippen LogP contribution in [0.25, 0.3) is 22.5 Å². The third kappa shape index (κ3) is 4.45. The van der Waals surface area contributed by atoms with E-state index in [0.717, 1.165) is 18.4 Å². The zero-order valence-electron chi connectivity index (χ0n) is 19.5. The average Bonchev–Trinajstić information content (AvgIpc) is 3.26. The van der Waals surface area contributed by atoms with Gasteiger partial charge in [-0.25, -0.2) is 18.7 Å². The van der Waals surface area contributed by atoms with Crippen molar-refractivity contribution in [3.8, 4) is 11.4 Å². The lowest BCUT2D eigenvalue weighted by atomic mass is 9.89. The van der Waals surface area contributed by atoms with Gasteiger partial charge < -0.3 is 14.6 Å². The number of aryl methyl sites for hydroxylation is 1. The van der Waals surface area contributed by atoms with Crippen LogP contribution in [0.15, 0.2) is 53.2 Å². The second kappa shape index (κ2) is 9.40. The highest BCUT2D eigenvalue weighted by molar-refractivity contribution is 6.01. The van der Waals surface area contributed by atoms with Crippen LogP contribution in [0.1, 0.15) is 35.7 Å². The van der Waals surface area contributed by atoms with Crippen molar-refractivity contribution in [1.82, 2.24) is 19.9 Å². The Hall–Kier alpha value is -3.88. The molecular weight excluding hydrogens is 452 g/mol. The number of piperidine rings is 1. The summed E-state index contributed by atoms with van der Waals surface area (Å²) in [5.41, 5.74) is 1.98. The molecule has 0 saturated carbocycles. The molecule has 2 aromatic heterocycles. The summed E-state index contributed by atoms with van der Waals surface area (Å²) in [6, 6.07) is 8.78. The molecule has 2 unspecified atom stereocenters. The molecule has 0 radical (unpaired) electrons. The molecule has 1 aliphatic heterocycles. The van der Waals surface area contributed by atoms with E-state index in [1.165, 1.54) is 18.2 Å². The minimum Gasteiger partial charge on any atom is -0.423 e. The van der Waals surface area contributed by atoms with Crippen molar-refractivity contribution >= 4 is 23.0 Å². The minimum absolute atomic E-state index is 0.0207. The number of aromatic nitrogens is 3. The fraction of sp³-hybridized carbons (Fsp3) is 0.308. The molecule has 180 valence electrons. The second-order valence-electron chi connectivity index (χ2n) is 8.88. The van der Waals surface area contributed by atoms with Gasteiger partial charge in [0.1, 0.15) is 17.2 Å². The molecule has 1 aliphatic rings. The molecule has 0 spiro atoms. The molecule has 4 aromatic rings. The Kier molecular flexibility index (Phi) is 6.15. The normalized spacial score (nSPS) is 18.1. The monoisotopic (exact) mass is 477 g/mol. The van der Waals surface area contributed by atoms with Gasteiger partial charge in [0.15, 0.2) is 11.4 Å². The van der Waals surface area contributed by atoms with Gasteiger partial charge >= 0.3 is 0 Å². The van der Waals surface area contributed by atoms with E-state index in [1.807, 2.05) is 6.92 Å². The molecule has 0 bridgehead atoms. The van der Waals surface area contributed by atoms with E-state index < -0.39 is 17.5 Å². The quantitative estimate of drug-likeness (QED) is 0.424. The number of anilines is 1. The van der Waals surface area contributed by atoms with Crippen LogP contribution >= 0.6 is 0 Å². The van der Waals surface area contributed by atoms with Crippen molar-refractivity contribution in [2.24, 2.45) is 5.92 Å². The van der Waals surface area contributed by atoms with Gasteiger partial charge in [-0.3, -0.25) is 4.79 Å². The Morgan fingerprint density at radius 1 is 1.20 bits per heavy atom. The van der Waals surface area contributed by atoms with Crippen LogP contribution in [0.4, 0.5) is 14.8 Å². The first-order chi connectivity index (χ1) is 16.9. The van der Waals surface area contributed by atoms with Crippen LogP contribution in [0.5, 0.6) is 0 Å². The Labute approximate surface area is 201 Å². The summed E-state index contributed by atoms with van der Waals surface area (Å²) in [5.74, 6) is -0.936. The Morgan fingerprint density at radius 2 is 2.00 bits per heavy atom. The molecule has 1 amide bonds. The molecule has 0 aliphatic carbocycles. The summed E-state index contributed by atoms with van der Waals surface area (Å²) in [5, 5.41) is 3.15. The van der Waals surface area contributed by atoms with Gasteiger partial charge in [-0.05, 0) is 55.5 Å². The standard InChI is InChI=1S/C26H25F2N5O2/c1-15-5-3-12-33(20(15)14-31-26-32-19-9-7-17(27)13-21(19)35-26)25(34)23-18(28)8-6-16(2)22(23)24-29-10-4-11-30-24/h4,6-11,13,15,20H,3,5,12,14H2,1-2H3,(H,31,32). The van der Waals surface area contributed by atoms with Crippen LogP contribution < -0.4 is 5.32 Å². The molecule has 9 heteroatoms. The number of fused-ring (bicyclic) bond motifs is 1. The topological polar surface area (TPSA) is 84.2 Å². The highest BCUT2D eigenvalue weighted by atomic mass is 19.1. The highest BCUT2D eigenvalue weighted by Crippen LogP contribution is 2.32. The lowest BCUT2D eigenvalue weighted by Gasteiger charge is -2.40. The van der Waals surface area contributed by atoms with E-state index >= 15 is 4.39 Å². The van der Waals surface area contributed by atoms with Crippen LogP contribution in [-0.2, 0) is 0 Å². The molecule has 1 saturated heterocycles. The van der Waals surface area contributed by atoms with Crippen molar-refractivity contribution in [2.45, 2.75) is 32.7 Å². The van der Waals surface area contributed by atoms with E-state index in [9.17, 15) is 9.18 Å². The van der Waals surface area contributed by atoms with E-state index in [1.54, 1.807) is 35.5 Å². The molecule has 35 heavy (non-hydrogen) atoms. The second-order valence-corrected chi connectivity index (χ2v) is 8.88. The molecule has 2 atom stereocenters. The fourth-order valence-corrected chi connectivity index (χ4v) is 4.73. The van der Waals surface area contributed by atoms with Crippen molar-refractivity contribution in [2.75, 3.05) is 18.4 Å². The van der Waals surface area contributed by atoms with Gasteiger partial charge in [-0.1, -0.05) is 13.0 Å². The number of rotatable bonds is 5. The van der Waals surface area contributed by atoms with Gasteiger partial charge in [0, 0.05) is 37.1 Å². The predicted molar refractivity (Wildman–Crippen MR) is 128 cm³/mol. The van der Waals surface area contributed by atoms with Crippen molar-refractivity contribution < 1.29 is 18.0 Å². The van der Waals surface area contributed by atoms with Gasteiger partial charge in [-0.15, -0.1) is 0 Å². The fourth-order valence-electron chi connectivity index (χ4n) is 4.73. The van der Waals surface area contributed by atoms with E-state index in [4.69, 9.17) is 4.42 Å². The number of amides is 1. The Morgan fingerprint density at radius 3 is 2.80 bits per heavy atom. The lowest BCUT2D eigenvalue weighted by Crippen LogP contribution is -2.51. The number of likely N-dealkylation sites (tertiary alicyclic amines) is 1. The lowest BCUT2D eigenvalue weighted by molar-refractivity contribution is 0.0535. The Bertz CT molecular complexity index is 1380. The van der Waals surface area contributed by atoms with Crippen LogP contribution in [0.2, 0.25) is 0 Å². The van der Waals surface area contributed by atoms with Crippen molar-refractivity contribution in [3.05, 3.63) is 71.6 Å². The van der Waals surface area contributed by atoms with E-state index in [-0.39, 0.29) is 23.5 Å². The summed E-state index contributed by atoms with van der Waals surface area (Å²) in [6.45, 7) is 4.74. The van der Waals surface area contributed by atoms with Gasteiger partial charge in [0.05, 0.1) is 11.6 Å². The maximum atomic E-state index is 15.2. The highest BCUT2D eigenvalue weighted by Gasteiger charge is 2.35. The number of hydrogen-bond acceptors (Lipinski definition) is 6. The summed E-state index contributed by atoms with van der Waals surface area (Å²) in [7, 11) is 0. The first kappa shape index (κ1) is 22.9. The molecule has 2 aromatic carbocycles. The third-order valence-electron chi connectivity index (χ3n) is 6.56. The molecule has 7 nitrogen and oxygen atoms in total. The first-order valence-electron chi connectivity index (χ1n) is 11.6.